The van der Waals surface area contributed by atoms with Crippen LogP contribution in [0.25, 0.3) is 0 Å². The molecule has 0 aliphatic heterocycles. The van der Waals surface area contributed by atoms with Crippen molar-refractivity contribution in [2.75, 3.05) is 13.2 Å². The zero-order valence-electron chi connectivity index (χ0n) is 16.9. The van der Waals surface area contributed by atoms with E-state index in [0.717, 1.165) is 18.8 Å². The summed E-state index contributed by atoms with van der Waals surface area (Å²) in [6.45, 7) is 7.51. The van der Waals surface area contributed by atoms with Crippen molar-refractivity contribution >= 4 is 55.4 Å². The molecule has 0 rings (SSSR count). The van der Waals surface area contributed by atoms with Crippen LogP contribution in [0.15, 0.2) is 12.2 Å². The number of ether oxygens (including phenoxy) is 1. The molecule has 0 aromatic carbocycles. The fourth-order valence-corrected chi connectivity index (χ4v) is 4.12. The van der Waals surface area contributed by atoms with Crippen molar-refractivity contribution in [3.8, 4) is 0 Å². The summed E-state index contributed by atoms with van der Waals surface area (Å²) in [6.07, 6.45) is 21.3. The fraction of sp³-hybridized carbons (Fsp3) is 0.905. The lowest BCUT2D eigenvalue weighted by Crippen LogP contribution is -2.08. The third-order valence-electron chi connectivity index (χ3n) is 4.50. The smallest absolute Gasteiger partial charge is 0.0671 e. The van der Waals surface area contributed by atoms with Crippen LogP contribution in [0, 0.1) is 0 Å². The zero-order valence-corrected chi connectivity index (χ0v) is 23.2. The molecule has 25 heavy (non-hydrogen) atoms. The Morgan fingerprint density at radius 1 is 0.760 bits per heavy atom. The van der Waals surface area contributed by atoms with Gasteiger partial charge in [0.2, 0.25) is 0 Å². The number of hydrogen-bond acceptors (Lipinski definition) is 1. The molecule has 0 fully saturated rings. The molecule has 0 radical (unpaired) electrons. The minimum absolute atomic E-state index is 0.605. The number of hydrogen-bond donors (Lipinski definition) is 0. The molecule has 0 aliphatic carbocycles. The molecule has 0 spiro atoms. The quantitative estimate of drug-likeness (QED) is 0.0503. The summed E-state index contributed by atoms with van der Waals surface area (Å²) in [5, 5.41) is 0. The van der Waals surface area contributed by atoms with Gasteiger partial charge in [-0.1, -0.05) is 141 Å². The number of alkyl halides is 2. The topological polar surface area (TPSA) is 9.23 Å². The van der Waals surface area contributed by atoms with Gasteiger partial charge in [0, 0.05) is 16.8 Å². The summed E-state index contributed by atoms with van der Waals surface area (Å²) in [4.78, 5) is 0. The van der Waals surface area contributed by atoms with Gasteiger partial charge in [-0.3, -0.25) is 0 Å². The monoisotopic (exact) mass is 592 g/mol. The van der Waals surface area contributed by atoms with Crippen molar-refractivity contribution in [1.82, 2.24) is 0 Å². The normalized spacial score (nSPS) is 12.0. The van der Waals surface area contributed by atoms with Gasteiger partial charge in [0.25, 0.3) is 0 Å². The van der Waals surface area contributed by atoms with E-state index in [1.807, 2.05) is 6.92 Å². The van der Waals surface area contributed by atoms with Crippen molar-refractivity contribution in [3.63, 3.8) is 0 Å². The Bertz CT molecular complexity index is 303. The van der Waals surface area contributed by atoms with E-state index in [4.69, 9.17) is 4.74 Å². The van der Waals surface area contributed by atoms with E-state index < -0.39 is 0 Å². The lowest BCUT2D eigenvalue weighted by Gasteiger charge is -2.13. The van der Waals surface area contributed by atoms with Crippen molar-refractivity contribution in [1.29, 1.82) is 0 Å². The Morgan fingerprint density at radius 2 is 1.12 bits per heavy atom. The van der Waals surface area contributed by atoms with Gasteiger partial charge in [-0.25, -0.2) is 0 Å². The standard InChI is InChI=1S/C21H42I2OSi/c1-20(2)19-24-18-16-14-12-10-8-6-4-3-5-7-9-11-13-15-17-21(22,23)25/h1,3-19H2,2,25H3. The molecule has 0 aliphatic rings. The van der Waals surface area contributed by atoms with E-state index in [-0.39, 0.29) is 0 Å². The van der Waals surface area contributed by atoms with E-state index in [9.17, 15) is 0 Å². The van der Waals surface area contributed by atoms with Gasteiger partial charge in [-0.05, 0) is 19.8 Å². The van der Waals surface area contributed by atoms with Gasteiger partial charge in [0.05, 0.1) is 7.66 Å². The van der Waals surface area contributed by atoms with Gasteiger partial charge in [-0.15, -0.1) is 0 Å². The van der Waals surface area contributed by atoms with Crippen LogP contribution < -0.4 is 0 Å². The summed E-state index contributed by atoms with van der Waals surface area (Å²) in [5.74, 6) is 0. The molecule has 0 bridgehead atoms. The molecule has 0 saturated heterocycles. The van der Waals surface area contributed by atoms with Crippen LogP contribution in [0.1, 0.15) is 103 Å². The molecule has 0 atom stereocenters. The Balaban J connectivity index is 3.04. The minimum atomic E-state index is 0.605. The van der Waals surface area contributed by atoms with E-state index in [0.29, 0.717) is 1.05 Å². The Hall–Kier alpha value is 1.38. The molecule has 150 valence electrons. The first-order valence-electron chi connectivity index (χ1n) is 10.5. The maximum Gasteiger partial charge on any atom is 0.0671 e. The summed E-state index contributed by atoms with van der Waals surface area (Å²) >= 11 is 5.24. The third-order valence-corrected chi connectivity index (χ3v) is 6.08. The van der Waals surface area contributed by atoms with Crippen LogP contribution in [0.5, 0.6) is 0 Å². The largest absolute Gasteiger partial charge is 0.377 e. The molecule has 0 aromatic heterocycles. The first-order valence-corrected chi connectivity index (χ1v) is 13.7. The second kappa shape index (κ2) is 18.7. The fourth-order valence-electron chi connectivity index (χ4n) is 3.01. The minimum Gasteiger partial charge on any atom is -0.377 e. The van der Waals surface area contributed by atoms with Crippen LogP contribution in [0.2, 0.25) is 0 Å². The summed E-state index contributed by atoms with van der Waals surface area (Å²) in [5.41, 5.74) is 1.13. The second-order valence-corrected chi connectivity index (χ2v) is 20.4. The first-order chi connectivity index (χ1) is 11.9. The van der Waals surface area contributed by atoms with Crippen molar-refractivity contribution < 1.29 is 4.74 Å². The average molecular weight is 592 g/mol. The predicted molar refractivity (Wildman–Crippen MR) is 136 cm³/mol. The van der Waals surface area contributed by atoms with Gasteiger partial charge >= 0.3 is 0 Å². The van der Waals surface area contributed by atoms with Crippen LogP contribution in [-0.2, 0) is 4.74 Å². The van der Waals surface area contributed by atoms with Crippen LogP contribution >= 0.6 is 45.2 Å². The van der Waals surface area contributed by atoms with Gasteiger partial charge in [0.1, 0.15) is 0 Å². The molecule has 0 N–H and O–H groups in total. The highest BCUT2D eigenvalue weighted by Gasteiger charge is 2.12. The van der Waals surface area contributed by atoms with E-state index >= 15 is 0 Å². The molecule has 0 saturated carbocycles. The van der Waals surface area contributed by atoms with E-state index in [1.165, 1.54) is 107 Å². The van der Waals surface area contributed by atoms with E-state index in [1.54, 1.807) is 0 Å². The SMILES string of the molecule is C=C(C)COCCCCCCCCCCCCCCCCC([SiH3])(I)I. The van der Waals surface area contributed by atoms with Crippen molar-refractivity contribution in [2.24, 2.45) is 0 Å². The predicted octanol–water partition coefficient (Wildman–Crippen LogP) is 7.32. The average Bonchev–Trinajstić information content (AvgIpc) is 2.52. The molecule has 1 nitrogen and oxygen atoms in total. The number of halogens is 2. The third kappa shape index (κ3) is 25.4. The van der Waals surface area contributed by atoms with Gasteiger partial charge in [0.15, 0.2) is 0 Å². The highest BCUT2D eigenvalue weighted by Crippen LogP contribution is 2.29. The van der Waals surface area contributed by atoms with Gasteiger partial charge < -0.3 is 4.74 Å². The van der Waals surface area contributed by atoms with Crippen LogP contribution in [0.3, 0.4) is 0 Å². The number of unbranched alkanes of at least 4 members (excludes halogenated alkanes) is 13. The zero-order chi connectivity index (χ0) is 18.8. The van der Waals surface area contributed by atoms with Crippen molar-refractivity contribution in [3.05, 3.63) is 12.2 Å². The molecule has 4 heteroatoms. The summed E-state index contributed by atoms with van der Waals surface area (Å²) in [7, 11) is 1.31. The number of rotatable bonds is 19. The highest BCUT2D eigenvalue weighted by molar-refractivity contribution is 14.2. The lowest BCUT2D eigenvalue weighted by atomic mass is 10.0. The molecular formula is C21H42I2OSi. The second-order valence-electron chi connectivity index (χ2n) is 7.78. The van der Waals surface area contributed by atoms with Gasteiger partial charge in [-0.2, -0.15) is 0 Å². The summed E-state index contributed by atoms with van der Waals surface area (Å²) in [6, 6.07) is 0. The lowest BCUT2D eigenvalue weighted by molar-refractivity contribution is 0.151. The van der Waals surface area contributed by atoms with Crippen LogP contribution in [-0.4, -0.2) is 24.5 Å². The first kappa shape index (κ1) is 26.4. The molecule has 0 heterocycles. The molecule has 0 unspecified atom stereocenters. The van der Waals surface area contributed by atoms with E-state index in [2.05, 4.69) is 51.8 Å². The maximum atomic E-state index is 5.52. The summed E-state index contributed by atoms with van der Waals surface area (Å²) < 4.78 is 6.13. The molecular weight excluding hydrogens is 550 g/mol. The Kier molecular flexibility index (Phi) is 19.8. The Labute approximate surface area is 188 Å². The highest BCUT2D eigenvalue weighted by atomic mass is 127. The Morgan fingerprint density at radius 3 is 1.48 bits per heavy atom. The maximum absolute atomic E-state index is 5.52. The molecule has 0 aromatic rings. The molecule has 0 amide bonds. The van der Waals surface area contributed by atoms with Crippen LogP contribution in [0.4, 0.5) is 0 Å². The van der Waals surface area contributed by atoms with Crippen molar-refractivity contribution in [2.45, 2.75) is 104 Å².